The molecule has 0 bridgehead atoms. The highest BCUT2D eigenvalue weighted by Gasteiger charge is 2.10. The molecule has 0 heterocycles. The molecular weight excluding hydrogens is 206 g/mol. The Hall–Kier alpha value is -1.08. The van der Waals surface area contributed by atoms with Crippen LogP contribution in [0.25, 0.3) is 0 Å². The van der Waals surface area contributed by atoms with Crippen LogP contribution in [0, 0.1) is 0 Å². The van der Waals surface area contributed by atoms with Crippen LogP contribution in [0.1, 0.15) is 36.5 Å². The van der Waals surface area contributed by atoms with Gasteiger partial charge in [-0.25, -0.2) is 0 Å². The van der Waals surface area contributed by atoms with E-state index < -0.39 is 0 Å². The van der Waals surface area contributed by atoms with Crippen molar-refractivity contribution in [2.75, 3.05) is 13.6 Å². The molecule has 92 valence electrons. The lowest BCUT2D eigenvalue weighted by Crippen LogP contribution is -2.06. The van der Waals surface area contributed by atoms with E-state index in [0.717, 1.165) is 19.4 Å². The summed E-state index contributed by atoms with van der Waals surface area (Å²) in [7, 11) is 2.00. The molecule has 1 nitrogen and oxygen atoms in total. The van der Waals surface area contributed by atoms with Gasteiger partial charge in [0.15, 0.2) is 0 Å². The zero-order valence-corrected chi connectivity index (χ0v) is 11.1. The van der Waals surface area contributed by atoms with Crippen molar-refractivity contribution in [3.05, 3.63) is 46.5 Å². The number of benzene rings is 1. The van der Waals surface area contributed by atoms with E-state index in [1.807, 2.05) is 7.05 Å². The third kappa shape index (κ3) is 3.44. The van der Waals surface area contributed by atoms with Crippen molar-refractivity contribution in [2.24, 2.45) is 0 Å². The zero-order valence-electron chi connectivity index (χ0n) is 11.1. The molecule has 1 aromatic rings. The lowest BCUT2D eigenvalue weighted by molar-refractivity contribution is 0.802. The first-order valence-corrected chi connectivity index (χ1v) is 6.70. The Bertz CT molecular complexity index is 404. The summed E-state index contributed by atoms with van der Waals surface area (Å²) >= 11 is 0. The lowest BCUT2D eigenvalue weighted by atomic mass is 10.0. The van der Waals surface area contributed by atoms with Gasteiger partial charge in [-0.15, -0.1) is 0 Å². The molecule has 2 rings (SSSR count). The highest BCUT2D eigenvalue weighted by atomic mass is 14.8. The molecule has 0 fully saturated rings. The lowest BCUT2D eigenvalue weighted by Gasteiger charge is -2.06. The fourth-order valence-corrected chi connectivity index (χ4v) is 2.59. The fraction of sp³-hybridized carbons (Fsp3) is 0.500. The fourth-order valence-electron chi connectivity index (χ4n) is 2.59. The second kappa shape index (κ2) is 6.02. The van der Waals surface area contributed by atoms with E-state index in [1.54, 1.807) is 11.1 Å². The molecule has 0 atom stereocenters. The maximum absolute atomic E-state index is 3.18. The van der Waals surface area contributed by atoms with Crippen molar-refractivity contribution >= 4 is 0 Å². The molecule has 0 saturated heterocycles. The largest absolute Gasteiger partial charge is 0.319 e. The van der Waals surface area contributed by atoms with Crippen LogP contribution in [0.3, 0.4) is 0 Å². The Morgan fingerprint density at radius 2 is 2.12 bits per heavy atom. The Morgan fingerprint density at radius 1 is 1.29 bits per heavy atom. The summed E-state index contributed by atoms with van der Waals surface area (Å²) in [5.41, 5.74) is 6.12. The number of fused-ring (bicyclic) bond motifs is 1. The first kappa shape index (κ1) is 12.4. The monoisotopic (exact) mass is 229 g/mol. The van der Waals surface area contributed by atoms with Crippen LogP contribution in [0.4, 0.5) is 0 Å². The van der Waals surface area contributed by atoms with Crippen LogP contribution >= 0.6 is 0 Å². The summed E-state index contributed by atoms with van der Waals surface area (Å²) in [5, 5.41) is 3.18. The van der Waals surface area contributed by atoms with Gasteiger partial charge in [0, 0.05) is 0 Å². The van der Waals surface area contributed by atoms with Gasteiger partial charge in [0.1, 0.15) is 0 Å². The molecule has 0 aliphatic heterocycles. The molecule has 0 saturated carbocycles. The van der Waals surface area contributed by atoms with Crippen LogP contribution < -0.4 is 5.32 Å². The van der Waals surface area contributed by atoms with Crippen LogP contribution in [-0.2, 0) is 19.3 Å². The minimum Gasteiger partial charge on any atom is -0.319 e. The Labute approximate surface area is 105 Å². The van der Waals surface area contributed by atoms with Crippen molar-refractivity contribution < 1.29 is 0 Å². The van der Waals surface area contributed by atoms with Crippen molar-refractivity contribution in [3.63, 3.8) is 0 Å². The van der Waals surface area contributed by atoms with E-state index in [0.29, 0.717) is 0 Å². The molecule has 1 heteroatoms. The van der Waals surface area contributed by atoms with Crippen molar-refractivity contribution in [3.8, 4) is 0 Å². The molecule has 0 radical (unpaired) electrons. The maximum Gasteiger partial charge on any atom is -0.00172 e. The van der Waals surface area contributed by atoms with Crippen molar-refractivity contribution in [1.29, 1.82) is 0 Å². The molecule has 17 heavy (non-hydrogen) atoms. The average Bonchev–Trinajstić information content (AvgIpc) is 2.76. The van der Waals surface area contributed by atoms with Gasteiger partial charge in [-0.1, -0.05) is 29.8 Å². The highest BCUT2D eigenvalue weighted by Crippen LogP contribution is 2.23. The van der Waals surface area contributed by atoms with E-state index in [4.69, 9.17) is 0 Å². The van der Waals surface area contributed by atoms with E-state index in [1.165, 1.54) is 30.4 Å². The van der Waals surface area contributed by atoms with Gasteiger partial charge >= 0.3 is 0 Å². The van der Waals surface area contributed by atoms with Gasteiger partial charge < -0.3 is 5.32 Å². The summed E-state index contributed by atoms with van der Waals surface area (Å²) in [6.07, 6.45) is 8.50. The molecule has 1 aliphatic carbocycles. The van der Waals surface area contributed by atoms with Crippen LogP contribution in [0.5, 0.6) is 0 Å². The SMILES string of the molecule is CNCCC=C(C)Cc1ccc2c(c1)CCC2. The Kier molecular flexibility index (Phi) is 4.38. The summed E-state index contributed by atoms with van der Waals surface area (Å²) in [6, 6.07) is 7.05. The normalized spacial score (nSPS) is 15.1. The van der Waals surface area contributed by atoms with Crippen molar-refractivity contribution in [2.45, 2.75) is 39.0 Å². The smallest absolute Gasteiger partial charge is 0.00172 e. The van der Waals surface area contributed by atoms with Crippen LogP contribution in [0.15, 0.2) is 29.8 Å². The second-order valence-corrected chi connectivity index (χ2v) is 5.08. The number of allylic oxidation sites excluding steroid dienone is 1. The summed E-state index contributed by atoms with van der Waals surface area (Å²) in [6.45, 7) is 3.31. The number of rotatable bonds is 5. The minimum absolute atomic E-state index is 1.07. The highest BCUT2D eigenvalue weighted by molar-refractivity contribution is 5.36. The molecule has 1 aliphatic rings. The summed E-state index contributed by atoms with van der Waals surface area (Å²) in [5.74, 6) is 0. The van der Waals surface area contributed by atoms with E-state index >= 15 is 0 Å². The number of aryl methyl sites for hydroxylation is 2. The number of nitrogens with one attached hydrogen (secondary N) is 1. The molecule has 1 aromatic carbocycles. The maximum atomic E-state index is 3.18. The van der Waals surface area contributed by atoms with Gasteiger partial charge in [0.05, 0.1) is 0 Å². The first-order chi connectivity index (χ1) is 8.29. The first-order valence-electron chi connectivity index (χ1n) is 6.70. The second-order valence-electron chi connectivity index (χ2n) is 5.08. The van der Waals surface area contributed by atoms with Gasteiger partial charge in [-0.05, 0) is 69.3 Å². The van der Waals surface area contributed by atoms with Gasteiger partial charge in [-0.2, -0.15) is 0 Å². The summed E-state index contributed by atoms with van der Waals surface area (Å²) in [4.78, 5) is 0. The van der Waals surface area contributed by atoms with Crippen LogP contribution in [-0.4, -0.2) is 13.6 Å². The van der Waals surface area contributed by atoms with Crippen LogP contribution in [0.2, 0.25) is 0 Å². The van der Waals surface area contributed by atoms with Gasteiger partial charge in [0.2, 0.25) is 0 Å². The minimum atomic E-state index is 1.07. The Morgan fingerprint density at radius 3 is 2.94 bits per heavy atom. The average molecular weight is 229 g/mol. The van der Waals surface area contributed by atoms with Gasteiger partial charge in [0.25, 0.3) is 0 Å². The van der Waals surface area contributed by atoms with Crippen molar-refractivity contribution in [1.82, 2.24) is 5.32 Å². The Balaban J connectivity index is 1.96. The predicted molar refractivity (Wildman–Crippen MR) is 74.5 cm³/mol. The topological polar surface area (TPSA) is 12.0 Å². The predicted octanol–water partition coefficient (Wildman–Crippen LogP) is 3.27. The van der Waals surface area contributed by atoms with Gasteiger partial charge in [-0.3, -0.25) is 0 Å². The molecular formula is C16H23N. The third-order valence-corrected chi connectivity index (χ3v) is 3.53. The molecule has 0 unspecified atom stereocenters. The zero-order chi connectivity index (χ0) is 12.1. The van der Waals surface area contributed by atoms with E-state index in [2.05, 4.69) is 36.5 Å². The van der Waals surface area contributed by atoms with E-state index in [-0.39, 0.29) is 0 Å². The molecule has 0 aromatic heterocycles. The number of hydrogen-bond donors (Lipinski definition) is 1. The quantitative estimate of drug-likeness (QED) is 0.603. The molecule has 0 amide bonds. The van der Waals surface area contributed by atoms with E-state index in [9.17, 15) is 0 Å². The molecule has 1 N–H and O–H groups in total. The molecule has 0 spiro atoms. The third-order valence-electron chi connectivity index (χ3n) is 3.53. The summed E-state index contributed by atoms with van der Waals surface area (Å²) < 4.78 is 0. The number of hydrogen-bond acceptors (Lipinski definition) is 1. The standard InChI is InChI=1S/C16H23N/c1-13(5-4-10-17-2)11-14-8-9-15-6-3-7-16(15)12-14/h5,8-9,12,17H,3-4,6-7,10-11H2,1-2H3.